The van der Waals surface area contributed by atoms with Gasteiger partial charge in [-0.2, -0.15) is 0 Å². The van der Waals surface area contributed by atoms with Gasteiger partial charge in [0.05, 0.1) is 20.8 Å². The summed E-state index contributed by atoms with van der Waals surface area (Å²) in [6.45, 7) is 3.96. The van der Waals surface area contributed by atoms with Crippen LogP contribution in [0.25, 0.3) is 0 Å². The predicted octanol–water partition coefficient (Wildman–Crippen LogP) is 1.17. The molecule has 1 aliphatic rings. The van der Waals surface area contributed by atoms with Gasteiger partial charge in [-0.3, -0.25) is 9.69 Å². The first-order valence-corrected chi connectivity index (χ1v) is 10.1. The van der Waals surface area contributed by atoms with Crippen LogP contribution in [0, 0.1) is 0 Å². The molecule has 1 aliphatic heterocycles. The van der Waals surface area contributed by atoms with Crippen molar-refractivity contribution in [3.8, 4) is 11.5 Å². The fourth-order valence-electron chi connectivity index (χ4n) is 3.22. The van der Waals surface area contributed by atoms with E-state index in [-0.39, 0.29) is 42.5 Å². The van der Waals surface area contributed by atoms with Gasteiger partial charge in [-0.25, -0.2) is 4.99 Å². The maximum Gasteiger partial charge on any atom is 0.243 e. The summed E-state index contributed by atoms with van der Waals surface area (Å²) in [5.41, 5.74) is 1.15. The number of carbonyl (C=O) groups excluding carboxylic acids is 1. The largest absolute Gasteiger partial charge is 0.497 e. The van der Waals surface area contributed by atoms with Crippen molar-refractivity contribution in [2.75, 3.05) is 68.2 Å². The minimum atomic E-state index is -0.0390. The van der Waals surface area contributed by atoms with Gasteiger partial charge >= 0.3 is 0 Å². The number of aliphatic imine (C=N–C) groups is 1. The Balaban J connectivity index is 0.00000480. The molecule has 0 aromatic heterocycles. The zero-order valence-electron chi connectivity index (χ0n) is 19.1. The van der Waals surface area contributed by atoms with Crippen molar-refractivity contribution in [1.82, 2.24) is 20.4 Å². The van der Waals surface area contributed by atoms with E-state index in [1.54, 1.807) is 35.4 Å². The highest BCUT2D eigenvalue weighted by Crippen LogP contribution is 2.24. The van der Waals surface area contributed by atoms with Crippen molar-refractivity contribution < 1.29 is 19.0 Å². The number of benzene rings is 1. The molecular formula is C21H36IN5O4. The number of carbonyl (C=O) groups is 1. The Kier molecular flexibility index (Phi) is 12.6. The number of nitrogens with zero attached hydrogens (tertiary/aromatic N) is 3. The summed E-state index contributed by atoms with van der Waals surface area (Å²) >= 11 is 0. The van der Waals surface area contributed by atoms with Gasteiger partial charge in [0.2, 0.25) is 5.91 Å². The van der Waals surface area contributed by atoms with Crippen LogP contribution in [0.5, 0.6) is 11.5 Å². The molecule has 31 heavy (non-hydrogen) atoms. The topological polar surface area (TPSA) is 87.7 Å². The monoisotopic (exact) mass is 549 g/mol. The Morgan fingerprint density at radius 1 is 1.19 bits per heavy atom. The first-order chi connectivity index (χ1) is 14.4. The normalized spacial score (nSPS) is 16.4. The number of amides is 1. The number of halogens is 1. The maximum absolute atomic E-state index is 11.9. The third kappa shape index (κ3) is 9.48. The summed E-state index contributed by atoms with van der Waals surface area (Å²) in [5, 5.41) is 6.68. The Labute approximate surface area is 202 Å². The van der Waals surface area contributed by atoms with Crippen LogP contribution in [0.2, 0.25) is 0 Å². The quantitative estimate of drug-likeness (QED) is 0.196. The Morgan fingerprint density at radius 2 is 1.87 bits per heavy atom. The number of methoxy groups -OCH3 is 3. The van der Waals surface area contributed by atoms with Crippen molar-refractivity contribution in [3.63, 3.8) is 0 Å². The predicted molar refractivity (Wildman–Crippen MR) is 133 cm³/mol. The average Bonchev–Trinajstić information content (AvgIpc) is 3.17. The van der Waals surface area contributed by atoms with Gasteiger partial charge in [0, 0.05) is 59.5 Å². The number of likely N-dealkylation sites (tertiary alicyclic amines) is 1. The van der Waals surface area contributed by atoms with E-state index in [9.17, 15) is 4.79 Å². The number of guanidine groups is 1. The molecule has 9 nitrogen and oxygen atoms in total. The van der Waals surface area contributed by atoms with Gasteiger partial charge in [-0.1, -0.05) is 0 Å². The fourth-order valence-corrected chi connectivity index (χ4v) is 3.22. The summed E-state index contributed by atoms with van der Waals surface area (Å²) in [7, 11) is 8.43. The first kappa shape index (κ1) is 27.2. The van der Waals surface area contributed by atoms with Gasteiger partial charge in [-0.05, 0) is 24.1 Å². The van der Waals surface area contributed by atoms with Gasteiger partial charge in [0.15, 0.2) is 5.96 Å². The lowest BCUT2D eigenvalue weighted by atomic mass is 10.2. The van der Waals surface area contributed by atoms with Crippen molar-refractivity contribution in [3.05, 3.63) is 23.8 Å². The third-order valence-electron chi connectivity index (χ3n) is 4.90. The van der Waals surface area contributed by atoms with Crippen molar-refractivity contribution in [2.45, 2.75) is 19.0 Å². The zero-order chi connectivity index (χ0) is 21.9. The summed E-state index contributed by atoms with van der Waals surface area (Å²) in [4.78, 5) is 20.2. The fraction of sp³-hybridized carbons (Fsp3) is 0.619. The highest BCUT2D eigenvalue weighted by molar-refractivity contribution is 14.0. The smallest absolute Gasteiger partial charge is 0.243 e. The Hall–Kier alpha value is -1.79. The van der Waals surface area contributed by atoms with Gasteiger partial charge < -0.3 is 29.7 Å². The van der Waals surface area contributed by atoms with Crippen LogP contribution in [-0.2, 0) is 16.1 Å². The van der Waals surface area contributed by atoms with E-state index >= 15 is 0 Å². The lowest BCUT2D eigenvalue weighted by Crippen LogP contribution is -2.46. The zero-order valence-corrected chi connectivity index (χ0v) is 21.5. The number of hydrogen-bond donors (Lipinski definition) is 2. The molecule has 0 saturated carbocycles. The second-order valence-corrected chi connectivity index (χ2v) is 7.46. The van der Waals surface area contributed by atoms with E-state index in [1.165, 1.54) is 4.90 Å². The molecule has 176 valence electrons. The van der Waals surface area contributed by atoms with E-state index in [0.717, 1.165) is 43.1 Å². The molecule has 2 N–H and O–H groups in total. The highest BCUT2D eigenvalue weighted by atomic mass is 127. The molecule has 1 fully saturated rings. The van der Waals surface area contributed by atoms with Gasteiger partial charge in [0.1, 0.15) is 18.0 Å². The van der Waals surface area contributed by atoms with Crippen LogP contribution >= 0.6 is 24.0 Å². The molecule has 1 heterocycles. The summed E-state index contributed by atoms with van der Waals surface area (Å²) < 4.78 is 15.8. The second kappa shape index (κ2) is 14.3. The van der Waals surface area contributed by atoms with Gasteiger partial charge in [0.25, 0.3) is 0 Å². The van der Waals surface area contributed by atoms with Crippen molar-refractivity contribution >= 4 is 35.8 Å². The number of hydrogen-bond acceptors (Lipinski definition) is 6. The average molecular weight is 549 g/mol. The van der Waals surface area contributed by atoms with Crippen LogP contribution in [0.15, 0.2) is 23.2 Å². The Bertz CT molecular complexity index is 695. The van der Waals surface area contributed by atoms with Crippen LogP contribution in [0.4, 0.5) is 0 Å². The molecule has 1 saturated heterocycles. The number of rotatable bonds is 10. The van der Waals surface area contributed by atoms with E-state index in [2.05, 4.69) is 20.5 Å². The molecule has 0 spiro atoms. The third-order valence-corrected chi connectivity index (χ3v) is 4.90. The molecule has 0 radical (unpaired) electrons. The molecule has 1 atom stereocenters. The van der Waals surface area contributed by atoms with Crippen LogP contribution < -0.4 is 20.1 Å². The SMILES string of the molecule is COCCNC(=NCC(=O)N(C)C)NC1CCN(Cc2cc(OC)cc(OC)c2)C1.I. The standard InChI is InChI=1S/C21H35N5O4.HI/c1-25(2)20(27)13-23-21(22-7-9-28-3)24-17-6-8-26(15-17)14-16-10-18(29-4)12-19(11-16)30-5;/h10-12,17H,6-9,13-15H2,1-5H3,(H2,22,23,24);1H. The van der Waals surface area contributed by atoms with E-state index < -0.39 is 0 Å². The molecule has 1 amide bonds. The summed E-state index contributed by atoms with van der Waals surface area (Å²) in [6.07, 6.45) is 0.994. The minimum Gasteiger partial charge on any atom is -0.497 e. The van der Waals surface area contributed by atoms with E-state index in [0.29, 0.717) is 19.1 Å². The lowest BCUT2D eigenvalue weighted by Gasteiger charge is -2.20. The van der Waals surface area contributed by atoms with E-state index in [1.807, 2.05) is 18.2 Å². The van der Waals surface area contributed by atoms with Crippen LogP contribution in [-0.4, -0.2) is 95.9 Å². The first-order valence-electron chi connectivity index (χ1n) is 10.1. The Morgan fingerprint density at radius 3 is 2.45 bits per heavy atom. The van der Waals surface area contributed by atoms with Crippen LogP contribution in [0.1, 0.15) is 12.0 Å². The number of nitrogens with one attached hydrogen (secondary N) is 2. The number of ether oxygens (including phenoxy) is 3. The molecule has 0 aliphatic carbocycles. The molecule has 2 rings (SSSR count). The summed E-state index contributed by atoms with van der Waals surface area (Å²) in [6, 6.07) is 6.20. The van der Waals surface area contributed by atoms with E-state index in [4.69, 9.17) is 14.2 Å². The van der Waals surface area contributed by atoms with Crippen molar-refractivity contribution in [1.29, 1.82) is 0 Å². The van der Waals surface area contributed by atoms with Crippen LogP contribution in [0.3, 0.4) is 0 Å². The lowest BCUT2D eigenvalue weighted by molar-refractivity contribution is -0.127. The minimum absolute atomic E-state index is 0. The molecule has 1 unspecified atom stereocenters. The van der Waals surface area contributed by atoms with Gasteiger partial charge in [-0.15, -0.1) is 24.0 Å². The summed E-state index contributed by atoms with van der Waals surface area (Å²) in [5.74, 6) is 2.18. The number of likely N-dealkylation sites (N-methyl/N-ethyl adjacent to an activating group) is 1. The van der Waals surface area contributed by atoms with Crippen molar-refractivity contribution in [2.24, 2.45) is 4.99 Å². The molecule has 0 bridgehead atoms. The second-order valence-electron chi connectivity index (χ2n) is 7.46. The maximum atomic E-state index is 11.9. The molecule has 1 aromatic rings. The highest BCUT2D eigenvalue weighted by Gasteiger charge is 2.23. The molecule has 10 heteroatoms. The molecule has 1 aromatic carbocycles. The molecular weight excluding hydrogens is 513 g/mol.